The van der Waals surface area contributed by atoms with Crippen LogP contribution >= 0.6 is 11.8 Å². The Kier molecular flexibility index (Phi) is 6.13. The number of anilines is 3. The number of para-hydroxylation sites is 1. The van der Waals surface area contributed by atoms with Gasteiger partial charge in [0.05, 0.1) is 5.75 Å². The second-order valence-electron chi connectivity index (χ2n) is 6.41. The molecule has 0 radical (unpaired) electrons. The molecule has 3 aromatic rings. The first-order valence-corrected chi connectivity index (χ1v) is 9.74. The van der Waals surface area contributed by atoms with Crippen LogP contribution < -0.4 is 10.2 Å². The van der Waals surface area contributed by atoms with Crippen molar-refractivity contribution in [3.63, 3.8) is 0 Å². The fraction of sp³-hybridized carbons (Fsp3) is 0.250. The average Bonchev–Trinajstić information content (AvgIpc) is 3.07. The van der Waals surface area contributed by atoms with E-state index in [2.05, 4.69) is 15.5 Å². The lowest BCUT2D eigenvalue weighted by atomic mass is 10.2. The summed E-state index contributed by atoms with van der Waals surface area (Å²) in [6.45, 7) is 4.03. The van der Waals surface area contributed by atoms with Crippen molar-refractivity contribution in [2.75, 3.05) is 16.0 Å². The quantitative estimate of drug-likeness (QED) is 0.625. The van der Waals surface area contributed by atoms with Gasteiger partial charge in [-0.3, -0.25) is 4.79 Å². The molecule has 0 fully saturated rings. The van der Waals surface area contributed by atoms with Crippen molar-refractivity contribution < 1.29 is 4.79 Å². The van der Waals surface area contributed by atoms with E-state index in [1.165, 1.54) is 11.8 Å². The van der Waals surface area contributed by atoms with Crippen molar-refractivity contribution in [2.45, 2.75) is 25.0 Å². The van der Waals surface area contributed by atoms with Crippen LogP contribution in [0.25, 0.3) is 0 Å². The number of aromatic nitrogens is 3. The smallest absolute Gasteiger partial charge is 0.237 e. The molecular formula is C20H23N5OS. The third-order valence-electron chi connectivity index (χ3n) is 3.99. The number of nitrogens with one attached hydrogen (secondary N) is 1. The molecule has 3 rings (SSSR count). The molecule has 0 aliphatic heterocycles. The Bertz CT molecular complexity index is 877. The summed E-state index contributed by atoms with van der Waals surface area (Å²) in [5.74, 6) is 0.358. The number of benzene rings is 2. The first-order valence-electron chi connectivity index (χ1n) is 8.75. The molecule has 0 aliphatic carbocycles. The summed E-state index contributed by atoms with van der Waals surface area (Å²) in [6.07, 6.45) is 1.63. The molecule has 1 aromatic heterocycles. The van der Waals surface area contributed by atoms with Crippen LogP contribution in [0.3, 0.4) is 0 Å². The topological polar surface area (TPSA) is 63.1 Å². The Labute approximate surface area is 163 Å². The van der Waals surface area contributed by atoms with E-state index in [9.17, 15) is 4.79 Å². The summed E-state index contributed by atoms with van der Waals surface area (Å²) in [5.41, 5.74) is 2.89. The molecule has 0 saturated heterocycles. The number of amides is 1. The molecule has 1 amide bonds. The van der Waals surface area contributed by atoms with E-state index in [0.29, 0.717) is 5.75 Å². The van der Waals surface area contributed by atoms with Crippen molar-refractivity contribution in [2.24, 2.45) is 7.05 Å². The van der Waals surface area contributed by atoms with E-state index in [1.807, 2.05) is 85.0 Å². The zero-order valence-corrected chi connectivity index (χ0v) is 16.5. The molecule has 1 N–H and O–H groups in total. The third kappa shape index (κ3) is 4.89. The highest BCUT2D eigenvalue weighted by Crippen LogP contribution is 2.24. The van der Waals surface area contributed by atoms with Gasteiger partial charge < -0.3 is 14.8 Å². The number of carbonyl (C=O) groups is 1. The van der Waals surface area contributed by atoms with Gasteiger partial charge in [0.1, 0.15) is 6.33 Å². The maximum absolute atomic E-state index is 12.8. The second-order valence-corrected chi connectivity index (χ2v) is 7.35. The fourth-order valence-corrected chi connectivity index (χ4v) is 3.47. The van der Waals surface area contributed by atoms with Gasteiger partial charge in [0.15, 0.2) is 5.16 Å². The number of rotatable bonds is 7. The van der Waals surface area contributed by atoms with Crippen LogP contribution in [-0.4, -0.2) is 32.5 Å². The van der Waals surface area contributed by atoms with Crippen LogP contribution in [0.4, 0.5) is 17.1 Å². The molecule has 27 heavy (non-hydrogen) atoms. The van der Waals surface area contributed by atoms with E-state index in [-0.39, 0.29) is 11.9 Å². The van der Waals surface area contributed by atoms with Gasteiger partial charge in [-0.05, 0) is 50.2 Å². The summed E-state index contributed by atoms with van der Waals surface area (Å²) in [6, 6.07) is 18.0. The van der Waals surface area contributed by atoms with E-state index < -0.39 is 0 Å². The number of hydrogen-bond acceptors (Lipinski definition) is 5. The zero-order valence-electron chi connectivity index (χ0n) is 15.7. The van der Waals surface area contributed by atoms with Crippen molar-refractivity contribution in [3.05, 3.63) is 60.9 Å². The van der Waals surface area contributed by atoms with Crippen molar-refractivity contribution in [3.8, 4) is 0 Å². The van der Waals surface area contributed by atoms with Gasteiger partial charge in [-0.2, -0.15) is 0 Å². The van der Waals surface area contributed by atoms with Crippen molar-refractivity contribution in [1.82, 2.24) is 14.8 Å². The summed E-state index contributed by atoms with van der Waals surface area (Å²) >= 11 is 1.39. The van der Waals surface area contributed by atoms with Crippen LogP contribution in [0.2, 0.25) is 0 Å². The molecule has 0 atom stereocenters. The monoisotopic (exact) mass is 381 g/mol. The molecule has 1 heterocycles. The Hall–Kier alpha value is -2.80. The Morgan fingerprint density at radius 1 is 1.11 bits per heavy atom. The molecule has 140 valence electrons. The van der Waals surface area contributed by atoms with E-state index in [4.69, 9.17) is 0 Å². The molecular weight excluding hydrogens is 358 g/mol. The summed E-state index contributed by atoms with van der Waals surface area (Å²) in [7, 11) is 1.87. The van der Waals surface area contributed by atoms with Gasteiger partial charge in [-0.15, -0.1) is 10.2 Å². The van der Waals surface area contributed by atoms with Gasteiger partial charge in [0.2, 0.25) is 5.91 Å². The standard InChI is InChI=1S/C20H23N5OS/c1-15(2)25(19(26)13-27-20-23-21-14-24(20)3)18-11-9-17(10-12-18)22-16-7-5-4-6-8-16/h4-12,14-15,22H,13H2,1-3H3. The Balaban J connectivity index is 1.68. The SMILES string of the molecule is CC(C)N(C(=O)CSc1nncn1C)c1ccc(Nc2ccccc2)cc1. The molecule has 6 nitrogen and oxygen atoms in total. The maximum atomic E-state index is 12.8. The van der Waals surface area contributed by atoms with Crippen LogP contribution in [0.5, 0.6) is 0 Å². The van der Waals surface area contributed by atoms with Crippen molar-refractivity contribution in [1.29, 1.82) is 0 Å². The molecule has 2 aromatic carbocycles. The predicted octanol–water partition coefficient (Wildman–Crippen LogP) is 4.09. The molecule has 0 aliphatic rings. The van der Waals surface area contributed by atoms with Gasteiger partial charge in [-0.1, -0.05) is 30.0 Å². The summed E-state index contributed by atoms with van der Waals surface area (Å²) < 4.78 is 1.81. The van der Waals surface area contributed by atoms with E-state index in [0.717, 1.165) is 22.2 Å². The summed E-state index contributed by atoms with van der Waals surface area (Å²) in [4.78, 5) is 14.6. The highest BCUT2D eigenvalue weighted by Gasteiger charge is 2.20. The number of hydrogen-bond donors (Lipinski definition) is 1. The largest absolute Gasteiger partial charge is 0.356 e. The number of nitrogens with zero attached hydrogens (tertiary/aromatic N) is 4. The highest BCUT2D eigenvalue weighted by atomic mass is 32.2. The minimum absolute atomic E-state index is 0.0433. The minimum atomic E-state index is 0.0433. The van der Waals surface area contributed by atoms with Gasteiger partial charge in [0.25, 0.3) is 0 Å². The first kappa shape index (κ1) is 19.0. The fourth-order valence-electron chi connectivity index (χ4n) is 2.72. The number of aryl methyl sites for hydroxylation is 1. The van der Waals surface area contributed by atoms with Gasteiger partial charge in [-0.25, -0.2) is 0 Å². The Morgan fingerprint density at radius 3 is 2.37 bits per heavy atom. The number of carbonyl (C=O) groups excluding carboxylic acids is 1. The first-order chi connectivity index (χ1) is 13.0. The lowest BCUT2D eigenvalue weighted by Crippen LogP contribution is -2.38. The molecule has 0 spiro atoms. The van der Waals surface area contributed by atoms with Crippen LogP contribution in [0.15, 0.2) is 66.1 Å². The van der Waals surface area contributed by atoms with Crippen LogP contribution in [0, 0.1) is 0 Å². The molecule has 0 unspecified atom stereocenters. The van der Waals surface area contributed by atoms with Crippen molar-refractivity contribution >= 4 is 34.7 Å². The summed E-state index contributed by atoms with van der Waals surface area (Å²) in [5, 5.41) is 11.9. The molecule has 0 bridgehead atoms. The van der Waals surface area contributed by atoms with Crippen LogP contribution in [0.1, 0.15) is 13.8 Å². The average molecular weight is 382 g/mol. The van der Waals surface area contributed by atoms with E-state index >= 15 is 0 Å². The molecule has 0 saturated carbocycles. The maximum Gasteiger partial charge on any atom is 0.237 e. The predicted molar refractivity (Wildman–Crippen MR) is 111 cm³/mol. The van der Waals surface area contributed by atoms with Gasteiger partial charge >= 0.3 is 0 Å². The number of thioether (sulfide) groups is 1. The van der Waals surface area contributed by atoms with Gasteiger partial charge in [0, 0.05) is 30.2 Å². The highest BCUT2D eigenvalue weighted by molar-refractivity contribution is 7.99. The Morgan fingerprint density at radius 2 is 1.78 bits per heavy atom. The zero-order chi connectivity index (χ0) is 19.2. The molecule has 7 heteroatoms. The lowest BCUT2D eigenvalue weighted by molar-refractivity contribution is -0.116. The van der Waals surface area contributed by atoms with E-state index in [1.54, 1.807) is 6.33 Å². The second kappa shape index (κ2) is 8.73. The lowest BCUT2D eigenvalue weighted by Gasteiger charge is -2.27. The third-order valence-corrected chi connectivity index (χ3v) is 5.01. The van der Waals surface area contributed by atoms with Crippen LogP contribution in [-0.2, 0) is 11.8 Å². The minimum Gasteiger partial charge on any atom is -0.356 e. The normalized spacial score (nSPS) is 10.8.